The number of amides is 1. The second-order valence-corrected chi connectivity index (χ2v) is 6.74. The highest BCUT2D eigenvalue weighted by molar-refractivity contribution is 5.85. The van der Waals surface area contributed by atoms with Crippen LogP contribution in [0.15, 0.2) is 24.3 Å². The first-order chi connectivity index (χ1) is 10.6. The molecule has 1 amide bonds. The van der Waals surface area contributed by atoms with Crippen LogP contribution in [0.4, 0.5) is 0 Å². The van der Waals surface area contributed by atoms with Crippen LogP contribution in [0.5, 0.6) is 5.75 Å². The molecule has 2 saturated carbocycles. The van der Waals surface area contributed by atoms with Crippen LogP contribution in [0.3, 0.4) is 0 Å². The topological polar surface area (TPSA) is 64.3 Å². The zero-order valence-corrected chi connectivity index (χ0v) is 14.5. The molecule has 2 fully saturated rings. The van der Waals surface area contributed by atoms with Gasteiger partial charge >= 0.3 is 0 Å². The molecule has 4 nitrogen and oxygen atoms in total. The summed E-state index contributed by atoms with van der Waals surface area (Å²) in [6.45, 7) is 3.33. The molecule has 23 heavy (non-hydrogen) atoms. The number of hydrogen-bond acceptors (Lipinski definition) is 3. The third-order valence-corrected chi connectivity index (χ3v) is 5.19. The maximum Gasteiger partial charge on any atom is 0.224 e. The molecule has 4 unspecified atom stereocenters. The molecule has 0 aromatic heterocycles. The second kappa shape index (κ2) is 8.02. The van der Waals surface area contributed by atoms with Gasteiger partial charge in [0.2, 0.25) is 5.91 Å². The number of carbonyl (C=O) groups is 1. The van der Waals surface area contributed by atoms with Crippen molar-refractivity contribution in [1.82, 2.24) is 5.32 Å². The van der Waals surface area contributed by atoms with E-state index in [1.165, 1.54) is 18.4 Å². The fourth-order valence-electron chi connectivity index (χ4n) is 3.95. The quantitative estimate of drug-likeness (QED) is 0.784. The molecule has 0 radical (unpaired) electrons. The predicted octanol–water partition coefficient (Wildman–Crippen LogP) is 2.68. The highest BCUT2D eigenvalue weighted by Crippen LogP contribution is 2.47. The van der Waals surface area contributed by atoms with Crippen LogP contribution in [0.2, 0.25) is 0 Å². The number of hydrogen-bond donors (Lipinski definition) is 2. The van der Waals surface area contributed by atoms with E-state index in [1.54, 1.807) is 0 Å². The second-order valence-electron chi connectivity index (χ2n) is 6.74. The Morgan fingerprint density at radius 1 is 1.26 bits per heavy atom. The Labute approximate surface area is 144 Å². The van der Waals surface area contributed by atoms with Crippen molar-refractivity contribution in [3.63, 3.8) is 0 Å². The van der Waals surface area contributed by atoms with Crippen molar-refractivity contribution in [3.05, 3.63) is 29.8 Å². The first-order valence-corrected chi connectivity index (χ1v) is 8.38. The number of aryl methyl sites for hydroxylation is 1. The minimum atomic E-state index is 0. The van der Waals surface area contributed by atoms with Gasteiger partial charge < -0.3 is 15.8 Å². The number of fused-ring (bicyclic) bond motifs is 2. The number of nitrogens with one attached hydrogen (secondary N) is 1. The Bertz CT molecular complexity index is 518. The van der Waals surface area contributed by atoms with Gasteiger partial charge in [-0.05, 0) is 56.6 Å². The summed E-state index contributed by atoms with van der Waals surface area (Å²) in [6.07, 6.45) is 4.35. The molecule has 4 atom stereocenters. The molecule has 0 aliphatic heterocycles. The van der Waals surface area contributed by atoms with Crippen molar-refractivity contribution in [3.8, 4) is 5.75 Å². The van der Waals surface area contributed by atoms with Gasteiger partial charge in [0.25, 0.3) is 0 Å². The van der Waals surface area contributed by atoms with Crippen molar-refractivity contribution >= 4 is 18.3 Å². The van der Waals surface area contributed by atoms with Gasteiger partial charge in [0, 0.05) is 12.6 Å². The van der Waals surface area contributed by atoms with Crippen molar-refractivity contribution < 1.29 is 9.53 Å². The van der Waals surface area contributed by atoms with Crippen LogP contribution in [-0.4, -0.2) is 25.1 Å². The zero-order chi connectivity index (χ0) is 15.5. The predicted molar refractivity (Wildman–Crippen MR) is 93.8 cm³/mol. The highest BCUT2D eigenvalue weighted by Gasteiger charge is 2.48. The number of ether oxygens (including phenoxy) is 1. The van der Waals surface area contributed by atoms with E-state index in [1.807, 2.05) is 24.3 Å². The smallest absolute Gasteiger partial charge is 0.224 e. The summed E-state index contributed by atoms with van der Waals surface area (Å²) in [6, 6.07) is 8.09. The molecule has 128 valence electrons. The van der Waals surface area contributed by atoms with Crippen LogP contribution in [-0.2, 0) is 4.79 Å². The summed E-state index contributed by atoms with van der Waals surface area (Å²) < 4.78 is 5.66. The number of carbonyl (C=O) groups excluding carboxylic acids is 1. The Morgan fingerprint density at radius 2 is 1.96 bits per heavy atom. The molecule has 3 rings (SSSR count). The van der Waals surface area contributed by atoms with Gasteiger partial charge in [0.1, 0.15) is 5.75 Å². The van der Waals surface area contributed by atoms with Gasteiger partial charge in [-0.2, -0.15) is 0 Å². The van der Waals surface area contributed by atoms with Crippen LogP contribution < -0.4 is 15.8 Å². The monoisotopic (exact) mass is 338 g/mol. The van der Waals surface area contributed by atoms with E-state index >= 15 is 0 Å². The first-order valence-electron chi connectivity index (χ1n) is 8.38. The van der Waals surface area contributed by atoms with Crippen LogP contribution in [0.1, 0.15) is 31.2 Å². The number of halogens is 1. The highest BCUT2D eigenvalue weighted by atomic mass is 35.5. The van der Waals surface area contributed by atoms with Gasteiger partial charge in [0.05, 0.1) is 12.5 Å². The van der Waals surface area contributed by atoms with Crippen LogP contribution in [0, 0.1) is 24.7 Å². The molecule has 0 heterocycles. The fraction of sp³-hybridized carbons (Fsp3) is 0.611. The largest absolute Gasteiger partial charge is 0.494 e. The molecule has 2 bridgehead atoms. The SMILES string of the molecule is Cc1ccc(OCCCNC(=O)C2C3CCC(C3)C2N)cc1.Cl. The van der Waals surface area contributed by atoms with E-state index in [9.17, 15) is 4.79 Å². The van der Waals surface area contributed by atoms with Gasteiger partial charge in [-0.1, -0.05) is 17.7 Å². The molecule has 0 saturated heterocycles. The van der Waals surface area contributed by atoms with Crippen LogP contribution >= 0.6 is 12.4 Å². The number of benzene rings is 1. The van der Waals surface area contributed by atoms with E-state index in [0.29, 0.717) is 25.0 Å². The van der Waals surface area contributed by atoms with Crippen LogP contribution in [0.25, 0.3) is 0 Å². The number of rotatable bonds is 6. The zero-order valence-electron chi connectivity index (χ0n) is 13.7. The van der Waals surface area contributed by atoms with Crippen molar-refractivity contribution in [1.29, 1.82) is 0 Å². The molecule has 1 aromatic rings. The lowest BCUT2D eigenvalue weighted by Crippen LogP contribution is -2.45. The third kappa shape index (κ3) is 4.18. The fourth-order valence-corrected chi connectivity index (χ4v) is 3.95. The minimum absolute atomic E-state index is 0. The van der Waals surface area contributed by atoms with E-state index in [2.05, 4.69) is 12.2 Å². The lowest BCUT2D eigenvalue weighted by atomic mass is 9.84. The summed E-state index contributed by atoms with van der Waals surface area (Å²) in [5.74, 6) is 2.16. The van der Waals surface area contributed by atoms with Gasteiger partial charge in [0.15, 0.2) is 0 Å². The Morgan fingerprint density at radius 3 is 2.61 bits per heavy atom. The summed E-state index contributed by atoms with van der Waals surface area (Å²) >= 11 is 0. The molecule has 3 N–H and O–H groups in total. The standard InChI is InChI=1S/C18H26N2O2.ClH/c1-12-3-7-15(8-4-12)22-10-2-9-20-18(21)16-13-5-6-14(11-13)17(16)19;/h3-4,7-8,13-14,16-17H,2,5-6,9-11,19H2,1H3,(H,20,21);1H. The maximum absolute atomic E-state index is 12.3. The molecule has 2 aliphatic carbocycles. The Kier molecular flexibility index (Phi) is 6.31. The summed E-state index contributed by atoms with van der Waals surface area (Å²) in [5, 5.41) is 3.04. The van der Waals surface area contributed by atoms with E-state index in [-0.39, 0.29) is 30.3 Å². The Hall–Kier alpha value is -1.26. The minimum Gasteiger partial charge on any atom is -0.494 e. The van der Waals surface area contributed by atoms with Crippen molar-refractivity contribution in [2.75, 3.05) is 13.2 Å². The normalized spacial score (nSPS) is 28.3. The summed E-state index contributed by atoms with van der Waals surface area (Å²) in [4.78, 5) is 12.3. The van der Waals surface area contributed by atoms with Gasteiger partial charge in [-0.25, -0.2) is 0 Å². The van der Waals surface area contributed by atoms with Crippen molar-refractivity contribution in [2.45, 2.75) is 38.6 Å². The third-order valence-electron chi connectivity index (χ3n) is 5.19. The van der Waals surface area contributed by atoms with Crippen molar-refractivity contribution in [2.24, 2.45) is 23.5 Å². The molecule has 5 heteroatoms. The maximum atomic E-state index is 12.3. The van der Waals surface area contributed by atoms with E-state index < -0.39 is 0 Å². The molecular weight excluding hydrogens is 312 g/mol. The molecule has 1 aromatic carbocycles. The van der Waals surface area contributed by atoms with Gasteiger partial charge in [-0.15, -0.1) is 12.4 Å². The number of nitrogens with two attached hydrogens (primary N) is 1. The van der Waals surface area contributed by atoms with E-state index in [0.717, 1.165) is 18.6 Å². The van der Waals surface area contributed by atoms with Gasteiger partial charge in [-0.3, -0.25) is 4.79 Å². The molecular formula is C18H27ClN2O2. The average molecular weight is 339 g/mol. The van der Waals surface area contributed by atoms with E-state index in [4.69, 9.17) is 10.5 Å². The Balaban J connectivity index is 0.00000192. The summed E-state index contributed by atoms with van der Waals surface area (Å²) in [5.41, 5.74) is 7.42. The lowest BCUT2D eigenvalue weighted by Gasteiger charge is -2.27. The first kappa shape index (κ1) is 18.1. The summed E-state index contributed by atoms with van der Waals surface area (Å²) in [7, 11) is 0. The lowest BCUT2D eigenvalue weighted by molar-refractivity contribution is -0.127. The molecule has 0 spiro atoms. The average Bonchev–Trinajstić information content (AvgIpc) is 3.09. The molecule has 2 aliphatic rings.